The summed E-state index contributed by atoms with van der Waals surface area (Å²) in [5, 5.41) is 3.98. The van der Waals surface area contributed by atoms with E-state index in [-0.39, 0.29) is 17.9 Å². The summed E-state index contributed by atoms with van der Waals surface area (Å²) in [4.78, 5) is 12.1. The molecule has 1 aromatic rings. The Bertz CT molecular complexity index is 568. The minimum absolute atomic E-state index is 0.130. The van der Waals surface area contributed by atoms with Crippen molar-refractivity contribution >= 4 is 29.1 Å². The average molecular weight is 324 g/mol. The van der Waals surface area contributed by atoms with Crippen molar-refractivity contribution in [3.05, 3.63) is 33.8 Å². The lowest BCUT2D eigenvalue weighted by molar-refractivity contribution is -0.126. The number of benzene rings is 1. The van der Waals surface area contributed by atoms with Crippen LogP contribution in [0.5, 0.6) is 0 Å². The Balaban J connectivity index is 1.92. The van der Waals surface area contributed by atoms with Gasteiger partial charge in [-0.15, -0.1) is 0 Å². The molecule has 0 aliphatic heterocycles. The second kappa shape index (κ2) is 7.73. The minimum atomic E-state index is -0.172. The van der Waals surface area contributed by atoms with Crippen LogP contribution in [-0.2, 0) is 4.79 Å². The SMILES string of the molecule is CC(C#Cc1ccc(Cl)c(Cl)c1)NC(=O)C1CCCCC1. The van der Waals surface area contributed by atoms with Gasteiger partial charge in [-0.2, -0.15) is 0 Å². The maximum atomic E-state index is 12.1. The highest BCUT2D eigenvalue weighted by Gasteiger charge is 2.21. The Kier molecular flexibility index (Phi) is 5.96. The normalized spacial score (nSPS) is 16.7. The van der Waals surface area contributed by atoms with Crippen molar-refractivity contribution in [1.82, 2.24) is 5.32 Å². The molecule has 2 nitrogen and oxygen atoms in total. The van der Waals surface area contributed by atoms with Crippen LogP contribution in [-0.4, -0.2) is 11.9 Å². The molecule has 1 amide bonds. The summed E-state index contributed by atoms with van der Waals surface area (Å²) in [6.07, 6.45) is 5.55. The van der Waals surface area contributed by atoms with E-state index in [0.29, 0.717) is 10.0 Å². The molecule has 0 saturated heterocycles. The molecular weight excluding hydrogens is 305 g/mol. The van der Waals surface area contributed by atoms with Crippen molar-refractivity contribution in [2.45, 2.75) is 45.1 Å². The van der Waals surface area contributed by atoms with Gasteiger partial charge < -0.3 is 5.32 Å². The quantitative estimate of drug-likeness (QED) is 0.801. The monoisotopic (exact) mass is 323 g/mol. The van der Waals surface area contributed by atoms with Crippen molar-refractivity contribution in [2.24, 2.45) is 5.92 Å². The second-order valence-corrected chi connectivity index (χ2v) is 6.28. The van der Waals surface area contributed by atoms with E-state index in [9.17, 15) is 4.79 Å². The molecule has 0 spiro atoms. The molecule has 1 aromatic carbocycles. The molecule has 0 radical (unpaired) electrons. The fraction of sp³-hybridized carbons (Fsp3) is 0.471. The van der Waals surface area contributed by atoms with Gasteiger partial charge in [0.25, 0.3) is 0 Å². The molecule has 1 fully saturated rings. The molecule has 1 aliphatic rings. The molecule has 1 atom stereocenters. The van der Waals surface area contributed by atoms with E-state index in [2.05, 4.69) is 17.2 Å². The van der Waals surface area contributed by atoms with E-state index >= 15 is 0 Å². The first-order valence-corrected chi connectivity index (χ1v) is 8.09. The average Bonchev–Trinajstić information content (AvgIpc) is 2.49. The van der Waals surface area contributed by atoms with E-state index < -0.39 is 0 Å². The standard InChI is InChI=1S/C17H19Cl2NO/c1-12(20-17(21)14-5-3-2-4-6-14)7-8-13-9-10-15(18)16(19)11-13/h9-12,14H,2-6H2,1H3,(H,20,21). The Hall–Kier alpha value is -1.17. The first-order chi connectivity index (χ1) is 10.1. The zero-order valence-electron chi connectivity index (χ0n) is 12.1. The van der Waals surface area contributed by atoms with Crippen molar-refractivity contribution in [2.75, 3.05) is 0 Å². The maximum Gasteiger partial charge on any atom is 0.224 e. The van der Waals surface area contributed by atoms with Gasteiger partial charge in [0.2, 0.25) is 5.91 Å². The first-order valence-electron chi connectivity index (χ1n) is 7.33. The smallest absolute Gasteiger partial charge is 0.224 e. The van der Waals surface area contributed by atoms with Crippen molar-refractivity contribution < 1.29 is 4.79 Å². The van der Waals surface area contributed by atoms with Gasteiger partial charge in [-0.05, 0) is 38.0 Å². The minimum Gasteiger partial charge on any atom is -0.342 e. The Morgan fingerprint density at radius 3 is 2.62 bits per heavy atom. The number of amides is 1. The maximum absolute atomic E-state index is 12.1. The first kappa shape index (κ1) is 16.2. The number of halogens is 2. The molecular formula is C17H19Cl2NO. The molecule has 0 bridgehead atoms. The van der Waals surface area contributed by atoms with Crippen LogP contribution in [0.1, 0.15) is 44.6 Å². The van der Waals surface area contributed by atoms with Crippen LogP contribution in [0, 0.1) is 17.8 Å². The molecule has 1 saturated carbocycles. The van der Waals surface area contributed by atoms with Crippen LogP contribution in [0.2, 0.25) is 10.0 Å². The number of rotatable bonds is 2. The lowest BCUT2D eigenvalue weighted by atomic mass is 9.88. The molecule has 21 heavy (non-hydrogen) atoms. The Morgan fingerprint density at radius 1 is 1.24 bits per heavy atom. The summed E-state index contributed by atoms with van der Waals surface area (Å²) in [5.74, 6) is 6.34. The van der Waals surface area contributed by atoms with E-state index in [1.807, 2.05) is 13.0 Å². The molecule has 1 unspecified atom stereocenters. The summed E-state index contributed by atoms with van der Waals surface area (Å²) < 4.78 is 0. The predicted molar refractivity (Wildman–Crippen MR) is 87.5 cm³/mol. The third kappa shape index (κ3) is 4.95. The van der Waals surface area contributed by atoms with Crippen LogP contribution in [0.4, 0.5) is 0 Å². The van der Waals surface area contributed by atoms with E-state index in [4.69, 9.17) is 23.2 Å². The van der Waals surface area contributed by atoms with Crippen LogP contribution < -0.4 is 5.32 Å². The van der Waals surface area contributed by atoms with Crippen LogP contribution >= 0.6 is 23.2 Å². The van der Waals surface area contributed by atoms with E-state index in [1.54, 1.807) is 12.1 Å². The molecule has 4 heteroatoms. The van der Waals surface area contributed by atoms with E-state index in [1.165, 1.54) is 6.42 Å². The third-order valence-corrected chi connectivity index (χ3v) is 4.43. The van der Waals surface area contributed by atoms with Gasteiger partial charge >= 0.3 is 0 Å². The zero-order chi connectivity index (χ0) is 15.2. The molecule has 2 rings (SSSR count). The van der Waals surface area contributed by atoms with Crippen molar-refractivity contribution in [3.8, 4) is 11.8 Å². The van der Waals surface area contributed by atoms with Crippen molar-refractivity contribution in [3.63, 3.8) is 0 Å². The zero-order valence-corrected chi connectivity index (χ0v) is 13.6. The lowest BCUT2D eigenvalue weighted by Crippen LogP contribution is -2.37. The van der Waals surface area contributed by atoms with Crippen LogP contribution in [0.15, 0.2) is 18.2 Å². The largest absolute Gasteiger partial charge is 0.342 e. The fourth-order valence-corrected chi connectivity index (χ4v) is 2.80. The number of carbonyl (C=O) groups is 1. The number of carbonyl (C=O) groups excluding carboxylic acids is 1. The Labute approximate surface area is 136 Å². The van der Waals surface area contributed by atoms with Gasteiger partial charge in [0.05, 0.1) is 16.1 Å². The molecule has 1 aliphatic carbocycles. The van der Waals surface area contributed by atoms with Gasteiger partial charge in [0.15, 0.2) is 0 Å². The summed E-state index contributed by atoms with van der Waals surface area (Å²) in [5.41, 5.74) is 0.795. The number of nitrogens with one attached hydrogen (secondary N) is 1. The molecule has 112 valence electrons. The molecule has 1 N–H and O–H groups in total. The van der Waals surface area contributed by atoms with Crippen LogP contribution in [0.3, 0.4) is 0 Å². The van der Waals surface area contributed by atoms with Gasteiger partial charge in [-0.25, -0.2) is 0 Å². The highest BCUT2D eigenvalue weighted by molar-refractivity contribution is 6.42. The van der Waals surface area contributed by atoms with Gasteiger partial charge in [-0.1, -0.05) is 54.3 Å². The van der Waals surface area contributed by atoms with Crippen molar-refractivity contribution in [1.29, 1.82) is 0 Å². The number of hydrogen-bond donors (Lipinski definition) is 1. The van der Waals surface area contributed by atoms with Gasteiger partial charge in [-0.3, -0.25) is 4.79 Å². The molecule has 0 heterocycles. The van der Waals surface area contributed by atoms with Crippen LogP contribution in [0.25, 0.3) is 0 Å². The second-order valence-electron chi connectivity index (χ2n) is 5.46. The summed E-state index contributed by atoms with van der Waals surface area (Å²) in [6, 6.07) is 5.09. The van der Waals surface area contributed by atoms with E-state index in [0.717, 1.165) is 31.2 Å². The summed E-state index contributed by atoms with van der Waals surface area (Å²) in [7, 11) is 0. The molecule has 0 aromatic heterocycles. The number of hydrogen-bond acceptors (Lipinski definition) is 1. The third-order valence-electron chi connectivity index (χ3n) is 3.69. The lowest BCUT2D eigenvalue weighted by Gasteiger charge is -2.21. The summed E-state index contributed by atoms with van der Waals surface area (Å²) in [6.45, 7) is 1.89. The highest BCUT2D eigenvalue weighted by atomic mass is 35.5. The highest BCUT2D eigenvalue weighted by Crippen LogP contribution is 2.24. The van der Waals surface area contributed by atoms with Gasteiger partial charge in [0.1, 0.15) is 0 Å². The topological polar surface area (TPSA) is 29.1 Å². The summed E-state index contributed by atoms with van der Waals surface area (Å²) >= 11 is 11.8. The fourth-order valence-electron chi connectivity index (χ4n) is 2.50. The Morgan fingerprint density at radius 2 is 1.95 bits per heavy atom. The predicted octanol–water partition coefficient (Wildman–Crippen LogP) is 4.43. The van der Waals surface area contributed by atoms with Gasteiger partial charge in [0, 0.05) is 11.5 Å².